The fourth-order valence-electron chi connectivity index (χ4n) is 3.23. The zero-order valence-electron chi connectivity index (χ0n) is 14.4. The van der Waals surface area contributed by atoms with Gasteiger partial charge in [0.1, 0.15) is 18.9 Å². The van der Waals surface area contributed by atoms with Crippen LogP contribution in [0, 0.1) is 0 Å². The van der Waals surface area contributed by atoms with Gasteiger partial charge >= 0.3 is 0 Å². The highest BCUT2D eigenvalue weighted by Crippen LogP contribution is 2.36. The molecule has 5 nitrogen and oxygen atoms in total. The van der Waals surface area contributed by atoms with Gasteiger partial charge in [0.15, 0.2) is 0 Å². The van der Waals surface area contributed by atoms with Crippen molar-refractivity contribution in [1.29, 1.82) is 0 Å². The average molecular weight is 381 g/mol. The molecule has 0 fully saturated rings. The molecule has 0 bridgehead atoms. The molecule has 1 N–H and O–H groups in total. The van der Waals surface area contributed by atoms with Crippen molar-refractivity contribution < 1.29 is 14.3 Å². The molecule has 1 aliphatic heterocycles. The van der Waals surface area contributed by atoms with Gasteiger partial charge in [-0.25, -0.2) is 0 Å². The molecule has 0 saturated heterocycles. The lowest BCUT2D eigenvalue weighted by Gasteiger charge is -2.17. The first-order chi connectivity index (χ1) is 13.1. The Hall–Kier alpha value is -3.05. The topological polar surface area (TPSA) is 58.6 Å². The Kier molecular flexibility index (Phi) is 4.69. The number of carbonyl (C=O) groups is 2. The Bertz CT molecular complexity index is 1010. The second-order valence-corrected chi connectivity index (χ2v) is 6.66. The van der Waals surface area contributed by atoms with E-state index in [2.05, 4.69) is 5.32 Å². The summed E-state index contributed by atoms with van der Waals surface area (Å²) in [7, 11) is 0. The fraction of sp³-hybridized carbons (Fsp3) is 0.143. The van der Waals surface area contributed by atoms with E-state index in [-0.39, 0.29) is 18.4 Å². The number of anilines is 1. The van der Waals surface area contributed by atoms with Crippen LogP contribution in [0.2, 0.25) is 5.02 Å². The zero-order valence-corrected chi connectivity index (χ0v) is 15.2. The van der Waals surface area contributed by atoms with Gasteiger partial charge in [-0.15, -0.1) is 0 Å². The molecule has 0 spiro atoms. The van der Waals surface area contributed by atoms with Crippen molar-refractivity contribution in [3.8, 4) is 5.75 Å². The van der Waals surface area contributed by atoms with E-state index in [9.17, 15) is 9.59 Å². The third-order valence-electron chi connectivity index (χ3n) is 4.46. The van der Waals surface area contributed by atoms with E-state index in [0.717, 1.165) is 16.5 Å². The predicted octanol–water partition coefficient (Wildman–Crippen LogP) is 3.65. The summed E-state index contributed by atoms with van der Waals surface area (Å²) >= 11 is 5.83. The van der Waals surface area contributed by atoms with Crippen LogP contribution in [-0.4, -0.2) is 31.5 Å². The number of nitrogens with zero attached hydrogens (tertiary/aromatic N) is 1. The van der Waals surface area contributed by atoms with E-state index < -0.39 is 0 Å². The van der Waals surface area contributed by atoms with Crippen LogP contribution < -0.4 is 15.0 Å². The second kappa shape index (κ2) is 7.29. The molecule has 1 heterocycles. The SMILES string of the molecule is O=C(CN1C(=O)c2cccc3cccc1c23)NCCOc1ccc(Cl)cc1. The van der Waals surface area contributed by atoms with Crippen LogP contribution in [0.25, 0.3) is 10.8 Å². The number of carbonyl (C=O) groups excluding carboxylic acids is 2. The summed E-state index contributed by atoms with van der Waals surface area (Å²) < 4.78 is 5.55. The van der Waals surface area contributed by atoms with Crippen molar-refractivity contribution in [2.75, 3.05) is 24.6 Å². The van der Waals surface area contributed by atoms with Gasteiger partial charge in [0.05, 0.1) is 12.2 Å². The summed E-state index contributed by atoms with van der Waals surface area (Å²) in [6.07, 6.45) is 0. The smallest absolute Gasteiger partial charge is 0.259 e. The van der Waals surface area contributed by atoms with Gasteiger partial charge in [-0.1, -0.05) is 35.9 Å². The molecule has 0 aromatic heterocycles. The second-order valence-electron chi connectivity index (χ2n) is 6.22. The van der Waals surface area contributed by atoms with Crippen LogP contribution in [0.5, 0.6) is 5.75 Å². The van der Waals surface area contributed by atoms with Gasteiger partial charge in [-0.2, -0.15) is 0 Å². The standard InChI is InChI=1S/C21H17ClN2O3/c22-15-7-9-16(10-8-15)27-12-11-23-19(25)13-24-18-6-2-4-14-3-1-5-17(20(14)18)21(24)26/h1-10H,11-13H2,(H,23,25). The van der Waals surface area contributed by atoms with Crippen LogP contribution in [0.3, 0.4) is 0 Å². The molecular weight excluding hydrogens is 364 g/mol. The number of nitrogens with one attached hydrogen (secondary N) is 1. The fourth-order valence-corrected chi connectivity index (χ4v) is 3.35. The maximum Gasteiger partial charge on any atom is 0.259 e. The normalized spacial score (nSPS) is 12.5. The lowest BCUT2D eigenvalue weighted by molar-refractivity contribution is -0.119. The predicted molar refractivity (Wildman–Crippen MR) is 106 cm³/mol. The van der Waals surface area contributed by atoms with Crippen LogP contribution in [0.15, 0.2) is 60.7 Å². The molecule has 2 amide bonds. The molecule has 1 aliphatic rings. The van der Waals surface area contributed by atoms with Gasteiger partial charge in [-0.3, -0.25) is 14.5 Å². The molecule has 136 valence electrons. The Morgan fingerprint density at radius 1 is 1.04 bits per heavy atom. The molecule has 0 saturated carbocycles. The molecule has 3 aromatic rings. The minimum atomic E-state index is -0.229. The number of hydrogen-bond donors (Lipinski definition) is 1. The van der Waals surface area contributed by atoms with E-state index in [1.165, 1.54) is 4.90 Å². The number of hydrogen-bond acceptors (Lipinski definition) is 3. The van der Waals surface area contributed by atoms with Gasteiger partial charge in [-0.05, 0) is 41.8 Å². The Labute approximate surface area is 161 Å². The summed E-state index contributed by atoms with van der Waals surface area (Å²) in [6, 6.07) is 18.4. The third kappa shape index (κ3) is 3.46. The number of halogens is 1. The molecule has 4 rings (SSSR count). The van der Waals surface area contributed by atoms with Crippen molar-refractivity contribution in [1.82, 2.24) is 5.32 Å². The van der Waals surface area contributed by atoms with Crippen molar-refractivity contribution in [2.24, 2.45) is 0 Å². The highest BCUT2D eigenvalue weighted by molar-refractivity contribution is 6.30. The molecular formula is C21H17ClN2O3. The van der Waals surface area contributed by atoms with Crippen molar-refractivity contribution in [3.05, 3.63) is 71.2 Å². The lowest BCUT2D eigenvalue weighted by Crippen LogP contribution is -2.40. The van der Waals surface area contributed by atoms with Crippen molar-refractivity contribution in [2.45, 2.75) is 0 Å². The monoisotopic (exact) mass is 380 g/mol. The third-order valence-corrected chi connectivity index (χ3v) is 4.71. The van der Waals surface area contributed by atoms with Gasteiger partial charge in [0.25, 0.3) is 5.91 Å². The highest BCUT2D eigenvalue weighted by Gasteiger charge is 2.30. The summed E-state index contributed by atoms with van der Waals surface area (Å²) in [5, 5.41) is 5.33. The summed E-state index contributed by atoms with van der Waals surface area (Å²) in [4.78, 5) is 26.5. The molecule has 0 aliphatic carbocycles. The van der Waals surface area contributed by atoms with Crippen LogP contribution in [-0.2, 0) is 4.79 Å². The molecule has 27 heavy (non-hydrogen) atoms. The van der Waals surface area contributed by atoms with Gasteiger partial charge in [0, 0.05) is 16.0 Å². The molecule has 6 heteroatoms. The number of rotatable bonds is 6. The Balaban J connectivity index is 1.34. The van der Waals surface area contributed by atoms with Gasteiger partial charge < -0.3 is 10.1 Å². The van der Waals surface area contributed by atoms with E-state index in [1.807, 2.05) is 30.3 Å². The number of ether oxygens (including phenoxy) is 1. The summed E-state index contributed by atoms with van der Waals surface area (Å²) in [5.74, 6) is 0.313. The molecule has 0 unspecified atom stereocenters. The minimum absolute atomic E-state index is 0.0203. The van der Waals surface area contributed by atoms with Crippen molar-refractivity contribution in [3.63, 3.8) is 0 Å². The summed E-state index contributed by atoms with van der Waals surface area (Å²) in [5.41, 5.74) is 1.42. The first-order valence-corrected chi connectivity index (χ1v) is 9.00. The van der Waals surface area contributed by atoms with E-state index in [4.69, 9.17) is 16.3 Å². The van der Waals surface area contributed by atoms with Crippen molar-refractivity contribution >= 4 is 39.9 Å². The van der Waals surface area contributed by atoms with E-state index in [0.29, 0.717) is 29.5 Å². The first-order valence-electron chi connectivity index (χ1n) is 8.62. The Morgan fingerprint density at radius 3 is 2.56 bits per heavy atom. The molecule has 0 atom stereocenters. The van der Waals surface area contributed by atoms with Gasteiger partial charge in [0.2, 0.25) is 5.91 Å². The summed E-state index contributed by atoms with van der Waals surface area (Å²) in [6.45, 7) is 0.658. The lowest BCUT2D eigenvalue weighted by atomic mass is 10.1. The molecule has 0 radical (unpaired) electrons. The number of benzene rings is 3. The first kappa shape index (κ1) is 17.4. The largest absolute Gasteiger partial charge is 0.492 e. The van der Waals surface area contributed by atoms with E-state index in [1.54, 1.807) is 30.3 Å². The Morgan fingerprint density at radius 2 is 1.78 bits per heavy atom. The van der Waals surface area contributed by atoms with Crippen LogP contribution >= 0.6 is 11.6 Å². The van der Waals surface area contributed by atoms with Crippen LogP contribution in [0.1, 0.15) is 10.4 Å². The zero-order chi connectivity index (χ0) is 18.8. The highest BCUT2D eigenvalue weighted by atomic mass is 35.5. The minimum Gasteiger partial charge on any atom is -0.492 e. The van der Waals surface area contributed by atoms with E-state index >= 15 is 0 Å². The van der Waals surface area contributed by atoms with Crippen LogP contribution in [0.4, 0.5) is 5.69 Å². The molecule has 3 aromatic carbocycles. The maximum absolute atomic E-state index is 12.7. The quantitative estimate of drug-likeness (QED) is 0.664. The maximum atomic E-state index is 12.7. The average Bonchev–Trinajstić information content (AvgIpc) is 2.95. The number of amides is 2.